The first kappa shape index (κ1) is 13.7. The molecule has 1 saturated heterocycles. The molecular formula is C14H20N2O3. The van der Waals surface area contributed by atoms with E-state index >= 15 is 0 Å². The van der Waals surface area contributed by atoms with Crippen molar-refractivity contribution in [2.45, 2.75) is 19.4 Å². The summed E-state index contributed by atoms with van der Waals surface area (Å²) < 4.78 is 10.8. The lowest BCUT2D eigenvalue weighted by Gasteiger charge is -2.33. The number of anilines is 1. The van der Waals surface area contributed by atoms with Gasteiger partial charge in [-0.25, -0.2) is 0 Å². The molecule has 1 aromatic rings. The number of amides is 1. The van der Waals surface area contributed by atoms with Crippen LogP contribution in [0.25, 0.3) is 0 Å². The number of ether oxygens (including phenoxy) is 2. The number of nitrogens with zero attached hydrogens (tertiary/aromatic N) is 1. The zero-order valence-electron chi connectivity index (χ0n) is 11.2. The zero-order valence-corrected chi connectivity index (χ0v) is 11.2. The van der Waals surface area contributed by atoms with Crippen LogP contribution in [0, 0.1) is 0 Å². The molecule has 0 bridgehead atoms. The number of hydrogen-bond donors (Lipinski definition) is 1. The van der Waals surface area contributed by atoms with Crippen LogP contribution < -0.4 is 10.5 Å². The van der Waals surface area contributed by atoms with Crippen molar-refractivity contribution in [3.05, 3.63) is 24.3 Å². The molecule has 1 aliphatic rings. The fourth-order valence-corrected chi connectivity index (χ4v) is 2.10. The smallest absolute Gasteiger partial charge is 0.226 e. The van der Waals surface area contributed by atoms with Gasteiger partial charge in [0.1, 0.15) is 5.75 Å². The fraction of sp³-hybridized carbons (Fsp3) is 0.500. The Kier molecular flexibility index (Phi) is 4.63. The monoisotopic (exact) mass is 264 g/mol. The lowest BCUT2D eigenvalue weighted by molar-refractivity contribution is -0.139. The predicted octanol–water partition coefficient (Wildman–Crippen LogP) is 1.28. The molecule has 0 spiro atoms. The van der Waals surface area contributed by atoms with Gasteiger partial charge in [0.05, 0.1) is 38.0 Å². The van der Waals surface area contributed by atoms with Gasteiger partial charge in [0.2, 0.25) is 5.91 Å². The second-order valence-corrected chi connectivity index (χ2v) is 4.65. The predicted molar refractivity (Wildman–Crippen MR) is 73.0 cm³/mol. The molecule has 0 radical (unpaired) electrons. The number of nitrogen functional groups attached to an aromatic ring is 1. The van der Waals surface area contributed by atoms with Gasteiger partial charge in [-0.15, -0.1) is 0 Å². The summed E-state index contributed by atoms with van der Waals surface area (Å²) in [4.78, 5) is 13.9. The van der Waals surface area contributed by atoms with Gasteiger partial charge in [-0.3, -0.25) is 4.79 Å². The van der Waals surface area contributed by atoms with Crippen molar-refractivity contribution < 1.29 is 14.3 Å². The second kappa shape index (κ2) is 6.43. The summed E-state index contributed by atoms with van der Waals surface area (Å²) in [5, 5.41) is 0. The van der Waals surface area contributed by atoms with Gasteiger partial charge in [0.15, 0.2) is 0 Å². The molecule has 0 unspecified atom stereocenters. The third kappa shape index (κ3) is 3.61. The Labute approximate surface area is 113 Å². The summed E-state index contributed by atoms with van der Waals surface area (Å²) >= 11 is 0. The first-order valence-electron chi connectivity index (χ1n) is 6.53. The van der Waals surface area contributed by atoms with E-state index in [1.54, 1.807) is 12.1 Å². The summed E-state index contributed by atoms with van der Waals surface area (Å²) in [5.74, 6) is 0.732. The standard InChI is InChI=1S/C14H20N2O3/c1-11-10-18-9-7-16(11)14(17)6-8-19-13-5-3-2-4-12(13)15/h2-5,11H,6-10,15H2,1H3/t11-/m1/s1. The quantitative estimate of drug-likeness (QED) is 0.832. The Bertz CT molecular complexity index is 436. The van der Waals surface area contributed by atoms with E-state index < -0.39 is 0 Å². The number of benzene rings is 1. The molecule has 104 valence electrons. The van der Waals surface area contributed by atoms with Crippen LogP contribution in [0.5, 0.6) is 5.75 Å². The summed E-state index contributed by atoms with van der Waals surface area (Å²) in [6.45, 7) is 4.22. The molecule has 0 saturated carbocycles. The summed E-state index contributed by atoms with van der Waals surface area (Å²) in [5.41, 5.74) is 6.36. The highest BCUT2D eigenvalue weighted by molar-refractivity contribution is 5.76. The lowest BCUT2D eigenvalue weighted by atomic mass is 10.2. The number of carbonyl (C=O) groups is 1. The maximum absolute atomic E-state index is 12.0. The van der Waals surface area contributed by atoms with Crippen molar-refractivity contribution in [1.29, 1.82) is 0 Å². The SMILES string of the molecule is C[C@@H]1COCCN1C(=O)CCOc1ccccc1N. The van der Waals surface area contributed by atoms with Crippen LogP contribution in [-0.4, -0.2) is 43.2 Å². The van der Waals surface area contributed by atoms with E-state index in [2.05, 4.69) is 0 Å². The Balaban J connectivity index is 1.79. The average molecular weight is 264 g/mol. The molecule has 2 rings (SSSR count). The largest absolute Gasteiger partial charge is 0.491 e. The molecule has 1 heterocycles. The molecule has 1 aliphatic heterocycles. The molecule has 5 nitrogen and oxygen atoms in total. The Morgan fingerprint density at radius 2 is 2.32 bits per heavy atom. The molecule has 1 fully saturated rings. The van der Waals surface area contributed by atoms with Crippen molar-refractivity contribution in [2.75, 3.05) is 32.1 Å². The third-order valence-corrected chi connectivity index (χ3v) is 3.18. The van der Waals surface area contributed by atoms with Crippen molar-refractivity contribution in [1.82, 2.24) is 4.90 Å². The van der Waals surface area contributed by atoms with Gasteiger partial charge in [-0.1, -0.05) is 12.1 Å². The molecule has 19 heavy (non-hydrogen) atoms. The van der Waals surface area contributed by atoms with E-state index in [1.165, 1.54) is 0 Å². The maximum Gasteiger partial charge on any atom is 0.226 e. The topological polar surface area (TPSA) is 64.8 Å². The van der Waals surface area contributed by atoms with Gasteiger partial charge in [-0.2, -0.15) is 0 Å². The highest BCUT2D eigenvalue weighted by Gasteiger charge is 2.23. The highest BCUT2D eigenvalue weighted by Crippen LogP contribution is 2.20. The lowest BCUT2D eigenvalue weighted by Crippen LogP contribution is -2.47. The van der Waals surface area contributed by atoms with Gasteiger partial charge in [0, 0.05) is 6.54 Å². The molecule has 1 aromatic carbocycles. The minimum Gasteiger partial charge on any atom is -0.491 e. The number of morpholine rings is 1. The molecule has 0 aliphatic carbocycles. The van der Waals surface area contributed by atoms with Crippen LogP contribution in [0.15, 0.2) is 24.3 Å². The van der Waals surface area contributed by atoms with Crippen LogP contribution >= 0.6 is 0 Å². The average Bonchev–Trinajstić information content (AvgIpc) is 2.41. The normalized spacial score (nSPS) is 19.2. The molecule has 0 aromatic heterocycles. The minimum absolute atomic E-state index is 0.102. The van der Waals surface area contributed by atoms with Crippen molar-refractivity contribution in [3.8, 4) is 5.75 Å². The first-order valence-corrected chi connectivity index (χ1v) is 6.53. The molecule has 5 heteroatoms. The molecule has 1 atom stereocenters. The number of hydrogen-bond acceptors (Lipinski definition) is 4. The number of carbonyl (C=O) groups excluding carboxylic acids is 1. The highest BCUT2D eigenvalue weighted by atomic mass is 16.5. The summed E-state index contributed by atoms with van der Waals surface area (Å²) in [6, 6.07) is 7.43. The van der Waals surface area contributed by atoms with E-state index in [4.69, 9.17) is 15.2 Å². The minimum atomic E-state index is 0.102. The van der Waals surface area contributed by atoms with E-state index in [1.807, 2.05) is 24.0 Å². The van der Waals surface area contributed by atoms with Crippen molar-refractivity contribution in [3.63, 3.8) is 0 Å². The van der Waals surface area contributed by atoms with Crippen LogP contribution in [-0.2, 0) is 9.53 Å². The third-order valence-electron chi connectivity index (χ3n) is 3.18. The summed E-state index contributed by atoms with van der Waals surface area (Å²) in [6.07, 6.45) is 0.360. The van der Waals surface area contributed by atoms with E-state index in [0.29, 0.717) is 44.2 Å². The van der Waals surface area contributed by atoms with Gasteiger partial charge >= 0.3 is 0 Å². The van der Waals surface area contributed by atoms with Gasteiger partial charge in [0.25, 0.3) is 0 Å². The van der Waals surface area contributed by atoms with Crippen LogP contribution in [0.2, 0.25) is 0 Å². The van der Waals surface area contributed by atoms with Gasteiger partial charge in [-0.05, 0) is 19.1 Å². The van der Waals surface area contributed by atoms with Crippen LogP contribution in [0.3, 0.4) is 0 Å². The second-order valence-electron chi connectivity index (χ2n) is 4.65. The van der Waals surface area contributed by atoms with E-state index in [0.717, 1.165) is 0 Å². The Morgan fingerprint density at radius 3 is 3.05 bits per heavy atom. The summed E-state index contributed by atoms with van der Waals surface area (Å²) in [7, 11) is 0. The molecule has 1 amide bonds. The Hall–Kier alpha value is -1.75. The molecule has 2 N–H and O–H groups in total. The van der Waals surface area contributed by atoms with Crippen LogP contribution in [0.1, 0.15) is 13.3 Å². The number of nitrogens with two attached hydrogens (primary N) is 1. The molecular weight excluding hydrogens is 244 g/mol. The zero-order chi connectivity index (χ0) is 13.7. The maximum atomic E-state index is 12.0. The Morgan fingerprint density at radius 1 is 1.53 bits per heavy atom. The van der Waals surface area contributed by atoms with E-state index in [9.17, 15) is 4.79 Å². The van der Waals surface area contributed by atoms with Crippen molar-refractivity contribution >= 4 is 11.6 Å². The first-order chi connectivity index (χ1) is 9.18. The van der Waals surface area contributed by atoms with E-state index in [-0.39, 0.29) is 11.9 Å². The number of rotatable bonds is 4. The number of para-hydroxylation sites is 2. The van der Waals surface area contributed by atoms with Crippen molar-refractivity contribution in [2.24, 2.45) is 0 Å². The van der Waals surface area contributed by atoms with Crippen LogP contribution in [0.4, 0.5) is 5.69 Å². The van der Waals surface area contributed by atoms with Gasteiger partial charge < -0.3 is 20.1 Å². The fourth-order valence-electron chi connectivity index (χ4n) is 2.10.